The van der Waals surface area contributed by atoms with E-state index in [1.54, 1.807) is 29.5 Å². The van der Waals surface area contributed by atoms with Crippen LogP contribution in [0.15, 0.2) is 84.9 Å². The Morgan fingerprint density at radius 2 is 1.33 bits per heavy atom. The summed E-state index contributed by atoms with van der Waals surface area (Å²) in [6, 6.07) is 27.3. The Kier molecular flexibility index (Phi) is 4.56. The van der Waals surface area contributed by atoms with Crippen LogP contribution in [0.3, 0.4) is 0 Å². The van der Waals surface area contributed by atoms with Crippen LogP contribution in [-0.4, -0.2) is 6.71 Å². The fourth-order valence-corrected chi connectivity index (χ4v) is 8.43. The molecule has 0 atom stereocenters. The van der Waals surface area contributed by atoms with Crippen LogP contribution in [0.2, 0.25) is 0 Å². The van der Waals surface area contributed by atoms with Gasteiger partial charge in [0.25, 0.3) is 6.71 Å². The van der Waals surface area contributed by atoms with Gasteiger partial charge < -0.3 is 9.80 Å². The summed E-state index contributed by atoms with van der Waals surface area (Å²) in [5, 5.41) is 1.89. The SMILES string of the molecule is [2H]C([2H])([2H])c1cc2c3c(c1)N(c1ccc(C([2H])([2H])[2H])c(C([2H])([2H])[2H])c1)c1sc4ccc(C)cc4c1B3c1cc(C(C)(C)C)ccc1N2c1ccc(C)c(C)c1. The molecule has 0 radical (unpaired) electrons. The van der Waals surface area contributed by atoms with Gasteiger partial charge >= 0.3 is 0 Å². The predicted molar refractivity (Wildman–Crippen MR) is 203 cm³/mol. The molecule has 0 spiro atoms. The van der Waals surface area contributed by atoms with E-state index in [2.05, 4.69) is 101 Å². The van der Waals surface area contributed by atoms with Crippen LogP contribution in [0, 0.1) is 41.3 Å². The van der Waals surface area contributed by atoms with Crippen molar-refractivity contribution in [2.24, 2.45) is 0 Å². The minimum Gasteiger partial charge on any atom is -0.311 e. The third-order valence-electron chi connectivity index (χ3n) is 9.72. The maximum Gasteiger partial charge on any atom is 0.254 e. The molecule has 0 fully saturated rings. The quantitative estimate of drug-likeness (QED) is 0.176. The van der Waals surface area contributed by atoms with E-state index in [0.717, 1.165) is 70.8 Å². The molecule has 0 saturated heterocycles. The second-order valence-corrected chi connectivity index (χ2v) is 14.9. The van der Waals surface area contributed by atoms with Crippen LogP contribution in [0.5, 0.6) is 0 Å². The number of hydrogen-bond acceptors (Lipinski definition) is 3. The van der Waals surface area contributed by atoms with Gasteiger partial charge in [0.05, 0.1) is 5.00 Å². The van der Waals surface area contributed by atoms with Gasteiger partial charge in [-0.3, -0.25) is 0 Å². The van der Waals surface area contributed by atoms with Crippen molar-refractivity contribution in [3.05, 3.63) is 124 Å². The summed E-state index contributed by atoms with van der Waals surface area (Å²) in [5.41, 5.74) is 10.6. The first kappa shape index (κ1) is 20.8. The summed E-state index contributed by atoms with van der Waals surface area (Å²) in [5.74, 6) is 0. The highest BCUT2D eigenvalue weighted by Gasteiger charge is 2.45. The number of anilines is 6. The Bertz CT molecular complexity index is 2560. The van der Waals surface area contributed by atoms with Crippen molar-refractivity contribution in [2.45, 2.75) is 67.5 Å². The van der Waals surface area contributed by atoms with E-state index >= 15 is 0 Å². The van der Waals surface area contributed by atoms with E-state index in [-0.39, 0.29) is 28.8 Å². The van der Waals surface area contributed by atoms with E-state index in [0.29, 0.717) is 11.4 Å². The third kappa shape index (κ3) is 4.30. The van der Waals surface area contributed by atoms with Gasteiger partial charge in [-0.1, -0.05) is 62.7 Å². The highest BCUT2D eigenvalue weighted by Crippen LogP contribution is 2.48. The topological polar surface area (TPSA) is 6.48 Å². The summed E-state index contributed by atoms with van der Waals surface area (Å²) >= 11 is 1.57. The van der Waals surface area contributed by atoms with Crippen molar-refractivity contribution in [3.63, 3.8) is 0 Å². The molecule has 46 heavy (non-hydrogen) atoms. The highest BCUT2D eigenvalue weighted by molar-refractivity contribution is 7.26. The van der Waals surface area contributed by atoms with E-state index in [9.17, 15) is 0 Å². The summed E-state index contributed by atoms with van der Waals surface area (Å²) in [4.78, 5) is 4.14. The zero-order valence-electron chi connectivity index (χ0n) is 36.0. The lowest BCUT2D eigenvalue weighted by molar-refractivity contribution is 0.591. The average Bonchev–Trinajstić information content (AvgIpc) is 3.45. The molecule has 4 heteroatoms. The van der Waals surface area contributed by atoms with Crippen LogP contribution in [-0.2, 0) is 5.41 Å². The van der Waals surface area contributed by atoms with Gasteiger partial charge in [0.1, 0.15) is 0 Å². The number of benzene rings is 5. The lowest BCUT2D eigenvalue weighted by atomic mass is 9.33. The van der Waals surface area contributed by atoms with Crippen LogP contribution in [0.25, 0.3) is 10.1 Å². The smallest absolute Gasteiger partial charge is 0.254 e. The van der Waals surface area contributed by atoms with Crippen LogP contribution in [0.1, 0.15) is 72.1 Å². The van der Waals surface area contributed by atoms with Crippen molar-refractivity contribution >= 4 is 78.0 Å². The summed E-state index contributed by atoms with van der Waals surface area (Å²) in [6.07, 6.45) is 0. The number of thiophene rings is 1. The number of fused-ring (bicyclic) bond motifs is 6. The molecule has 0 N–H and O–H groups in total. The highest BCUT2D eigenvalue weighted by atomic mass is 32.1. The van der Waals surface area contributed by atoms with Crippen molar-refractivity contribution < 1.29 is 12.3 Å². The molecule has 0 aliphatic carbocycles. The molecular formula is C42H41BN2S. The van der Waals surface area contributed by atoms with Crippen molar-refractivity contribution in [3.8, 4) is 0 Å². The fraction of sp³-hybridized carbons (Fsp3) is 0.238. The molecule has 0 unspecified atom stereocenters. The molecule has 1 aromatic heterocycles. The summed E-state index contributed by atoms with van der Waals surface area (Å²) < 4.78 is 77.0. The number of aryl methyl sites for hydroxylation is 6. The second-order valence-electron chi connectivity index (χ2n) is 13.9. The molecule has 2 aliphatic rings. The molecule has 0 amide bonds. The first-order valence-electron chi connectivity index (χ1n) is 20.2. The molecule has 228 valence electrons. The van der Waals surface area contributed by atoms with Crippen LogP contribution < -0.4 is 26.2 Å². The molecule has 0 bridgehead atoms. The zero-order valence-corrected chi connectivity index (χ0v) is 27.8. The number of rotatable bonds is 2. The Morgan fingerprint density at radius 3 is 2.04 bits per heavy atom. The summed E-state index contributed by atoms with van der Waals surface area (Å²) in [6.45, 7) is 4.64. The number of hydrogen-bond donors (Lipinski definition) is 0. The Morgan fingerprint density at radius 1 is 0.609 bits per heavy atom. The lowest BCUT2D eigenvalue weighted by Gasteiger charge is -2.44. The average molecular weight is 626 g/mol. The van der Waals surface area contributed by atoms with E-state index in [1.165, 1.54) is 12.1 Å². The van der Waals surface area contributed by atoms with Gasteiger partial charge in [-0.2, -0.15) is 0 Å². The Balaban J connectivity index is 1.56. The fourth-order valence-electron chi connectivity index (χ4n) is 7.17. The Labute approximate surface area is 291 Å². The third-order valence-corrected chi connectivity index (χ3v) is 10.9. The normalized spacial score (nSPS) is 17.3. The minimum absolute atomic E-state index is 0.143. The maximum absolute atomic E-state index is 8.71. The molecule has 2 nitrogen and oxygen atoms in total. The molecule has 5 aromatic carbocycles. The molecule has 3 heterocycles. The Hall–Kier alpha value is -4.28. The van der Waals surface area contributed by atoms with Gasteiger partial charge in [0, 0.05) is 45.5 Å². The van der Waals surface area contributed by atoms with Crippen molar-refractivity contribution in [1.29, 1.82) is 0 Å². The standard InChI is InChI=1S/C42H41BN2S/c1-24-10-17-38-33(18-24)39-41(46-38)45(32-15-12-27(4)29(6)22-32)37-20-25(2)19-36-40(37)43(39)34-23-30(42(7,8)9)13-16-35(34)44(36)31-14-11-26(3)28(5)21-31/h10-23H,1-9H3/i2D3,4D3,6D3. The molecule has 6 aromatic rings. The summed E-state index contributed by atoms with van der Waals surface area (Å²) in [7, 11) is 0. The van der Waals surface area contributed by atoms with Crippen LogP contribution in [0.4, 0.5) is 33.4 Å². The van der Waals surface area contributed by atoms with Gasteiger partial charge in [-0.05, 0) is 150 Å². The van der Waals surface area contributed by atoms with E-state index in [1.807, 2.05) is 4.90 Å². The number of nitrogens with zero attached hydrogens (tertiary/aromatic N) is 2. The molecule has 0 saturated carbocycles. The maximum atomic E-state index is 8.71. The van der Waals surface area contributed by atoms with Gasteiger partial charge in [0.15, 0.2) is 0 Å². The largest absolute Gasteiger partial charge is 0.311 e. The van der Waals surface area contributed by atoms with Gasteiger partial charge in [-0.15, -0.1) is 11.3 Å². The lowest BCUT2D eigenvalue weighted by Crippen LogP contribution is -2.61. The minimum atomic E-state index is -2.72. The van der Waals surface area contributed by atoms with Gasteiger partial charge in [-0.25, -0.2) is 0 Å². The van der Waals surface area contributed by atoms with Gasteiger partial charge in [0.2, 0.25) is 0 Å². The first-order chi connectivity index (χ1) is 25.5. The zero-order chi connectivity index (χ0) is 39.7. The second kappa shape index (κ2) is 10.1. The monoisotopic (exact) mass is 625 g/mol. The first-order valence-corrected chi connectivity index (χ1v) is 16.5. The molecule has 8 rings (SSSR count). The van der Waals surface area contributed by atoms with E-state index < -0.39 is 20.6 Å². The van der Waals surface area contributed by atoms with Crippen LogP contribution >= 0.6 is 11.3 Å². The van der Waals surface area contributed by atoms with Crippen molar-refractivity contribution in [2.75, 3.05) is 9.80 Å². The van der Waals surface area contributed by atoms with Crippen molar-refractivity contribution in [1.82, 2.24) is 0 Å². The predicted octanol–water partition coefficient (Wildman–Crippen LogP) is 10.1. The molecular weight excluding hydrogens is 575 g/mol. The molecule has 2 aliphatic heterocycles. The van der Waals surface area contributed by atoms with E-state index in [4.69, 9.17) is 12.3 Å².